The van der Waals surface area contributed by atoms with Gasteiger partial charge in [0.2, 0.25) is 9.05 Å². The first kappa shape index (κ1) is 31.7. The standard InChI is InChI=1S/C11H21NO2.C10H19NO3.CH3ClO2S/c1-8-5-6-9(7-8)12-10(13)14-11(2,3)4;1-10(2,3)14-9(13)11-7-4-5-8(12)6-7;1-5(2,3)4/h8-9H,5-7H2,1-4H3,(H,12,13);7-8,12H,4-6H2,1-3H3,(H,11,13);1H3/t8-,9+;7-,8+;/m10./s1. The SMILES string of the molecule is CC(C)(C)OC(=O)N[C@H]1CC[C@@H](O)C1.CS(=O)(=O)Cl.C[C@@H]1CC[C@H](NC(=O)OC(C)(C)C)C1. The second-order valence-electron chi connectivity index (χ2n) is 10.8. The van der Waals surface area contributed by atoms with Gasteiger partial charge in [0.05, 0.1) is 12.4 Å². The lowest BCUT2D eigenvalue weighted by molar-refractivity contribution is 0.0491. The molecule has 2 rings (SSSR count). The van der Waals surface area contributed by atoms with Crippen LogP contribution in [0.25, 0.3) is 0 Å². The molecular weight excluding hydrogens is 472 g/mol. The van der Waals surface area contributed by atoms with Gasteiger partial charge in [-0.2, -0.15) is 0 Å². The fourth-order valence-electron chi connectivity index (χ4n) is 3.38. The molecule has 9 nitrogen and oxygen atoms in total. The second kappa shape index (κ2) is 13.6. The lowest BCUT2D eigenvalue weighted by atomic mass is 10.1. The highest BCUT2D eigenvalue weighted by Gasteiger charge is 2.26. The van der Waals surface area contributed by atoms with Crippen LogP contribution in [0, 0.1) is 5.92 Å². The zero-order chi connectivity index (χ0) is 26.0. The molecule has 0 saturated heterocycles. The van der Waals surface area contributed by atoms with Crippen molar-refractivity contribution in [2.24, 2.45) is 5.92 Å². The van der Waals surface area contributed by atoms with Gasteiger partial charge in [0.15, 0.2) is 0 Å². The maximum absolute atomic E-state index is 11.4. The molecule has 2 amide bonds. The Labute approximate surface area is 203 Å². The largest absolute Gasteiger partial charge is 0.444 e. The first-order chi connectivity index (χ1) is 14.7. The van der Waals surface area contributed by atoms with Crippen molar-refractivity contribution < 1.29 is 32.6 Å². The van der Waals surface area contributed by atoms with Gasteiger partial charge < -0.3 is 25.2 Å². The minimum Gasteiger partial charge on any atom is -0.444 e. The van der Waals surface area contributed by atoms with Gasteiger partial charge in [-0.15, -0.1) is 0 Å². The van der Waals surface area contributed by atoms with Crippen LogP contribution in [0.1, 0.15) is 87.0 Å². The van der Waals surface area contributed by atoms with Crippen LogP contribution >= 0.6 is 10.7 Å². The summed E-state index contributed by atoms with van der Waals surface area (Å²) in [5, 5.41) is 14.9. The molecule has 0 radical (unpaired) electrons. The summed E-state index contributed by atoms with van der Waals surface area (Å²) in [5.74, 6) is 0.731. The molecule has 33 heavy (non-hydrogen) atoms. The maximum atomic E-state index is 11.4. The Bertz CT molecular complexity index is 663. The topological polar surface area (TPSA) is 131 Å². The zero-order valence-electron chi connectivity index (χ0n) is 21.2. The molecule has 0 aliphatic heterocycles. The average Bonchev–Trinajstić information content (AvgIpc) is 3.10. The molecule has 0 heterocycles. The molecule has 0 bridgehead atoms. The van der Waals surface area contributed by atoms with E-state index >= 15 is 0 Å². The van der Waals surface area contributed by atoms with Crippen LogP contribution in [0.15, 0.2) is 0 Å². The predicted octanol–water partition coefficient (Wildman–Crippen LogP) is 4.31. The third-order valence-electron chi connectivity index (χ3n) is 4.54. The molecule has 0 aromatic carbocycles. The first-order valence-electron chi connectivity index (χ1n) is 11.3. The van der Waals surface area contributed by atoms with Crippen LogP contribution in [0.4, 0.5) is 9.59 Å². The Morgan fingerprint density at radius 2 is 1.21 bits per heavy atom. The van der Waals surface area contributed by atoms with Gasteiger partial charge in [0, 0.05) is 22.8 Å². The Kier molecular flexibility index (Phi) is 13.1. The number of aliphatic hydroxyl groups excluding tert-OH is 1. The lowest BCUT2D eigenvalue weighted by Crippen LogP contribution is -2.38. The van der Waals surface area contributed by atoms with Crippen LogP contribution in [0.2, 0.25) is 0 Å². The summed E-state index contributed by atoms with van der Waals surface area (Å²) in [7, 11) is 1.31. The minimum absolute atomic E-state index is 0.0693. The molecule has 0 unspecified atom stereocenters. The van der Waals surface area contributed by atoms with Gasteiger partial charge in [-0.1, -0.05) is 6.92 Å². The van der Waals surface area contributed by atoms with Crippen molar-refractivity contribution in [2.75, 3.05) is 6.26 Å². The summed E-state index contributed by atoms with van der Waals surface area (Å²) in [6.45, 7) is 13.3. The van der Waals surface area contributed by atoms with E-state index in [1.807, 2.05) is 41.5 Å². The molecule has 0 aromatic rings. The first-order valence-corrected chi connectivity index (χ1v) is 14.0. The van der Waals surface area contributed by atoms with Crippen molar-refractivity contribution >= 4 is 31.9 Å². The number of ether oxygens (including phenoxy) is 2. The van der Waals surface area contributed by atoms with Gasteiger partial charge in [0.1, 0.15) is 11.2 Å². The van der Waals surface area contributed by atoms with Crippen LogP contribution in [-0.4, -0.2) is 61.4 Å². The van der Waals surface area contributed by atoms with Crippen molar-refractivity contribution in [3.8, 4) is 0 Å². The molecule has 0 aromatic heterocycles. The monoisotopic (exact) mass is 514 g/mol. The summed E-state index contributed by atoms with van der Waals surface area (Å²) in [5.41, 5.74) is -0.852. The number of hydrogen-bond donors (Lipinski definition) is 3. The average molecular weight is 515 g/mol. The van der Waals surface area contributed by atoms with Crippen molar-refractivity contribution in [1.82, 2.24) is 10.6 Å². The van der Waals surface area contributed by atoms with E-state index in [1.54, 1.807) is 0 Å². The van der Waals surface area contributed by atoms with Gasteiger partial charge in [-0.3, -0.25) is 0 Å². The van der Waals surface area contributed by atoms with E-state index in [1.165, 1.54) is 6.42 Å². The van der Waals surface area contributed by atoms with Gasteiger partial charge in [-0.25, -0.2) is 18.0 Å². The summed E-state index contributed by atoms with van der Waals surface area (Å²) in [6, 6.07) is 0.389. The van der Waals surface area contributed by atoms with E-state index < -0.39 is 26.3 Å². The number of amides is 2. The molecular formula is C22H43ClN2O7S. The fourth-order valence-corrected chi connectivity index (χ4v) is 3.38. The highest BCUT2D eigenvalue weighted by atomic mass is 35.7. The number of hydrogen-bond acceptors (Lipinski definition) is 7. The molecule has 3 N–H and O–H groups in total. The highest BCUT2D eigenvalue weighted by Crippen LogP contribution is 2.24. The third-order valence-corrected chi connectivity index (χ3v) is 4.54. The number of nitrogens with one attached hydrogen (secondary N) is 2. The van der Waals surface area contributed by atoms with Gasteiger partial charge >= 0.3 is 12.2 Å². The number of halogens is 1. The Hall–Kier alpha value is -1.26. The maximum Gasteiger partial charge on any atom is 0.407 e. The lowest BCUT2D eigenvalue weighted by Gasteiger charge is -2.21. The normalized spacial score (nSPS) is 25.0. The smallest absolute Gasteiger partial charge is 0.407 e. The van der Waals surface area contributed by atoms with Crippen molar-refractivity contribution in [3.05, 3.63) is 0 Å². The van der Waals surface area contributed by atoms with E-state index in [0.717, 1.165) is 37.9 Å². The molecule has 2 aliphatic carbocycles. The summed E-state index contributed by atoms with van der Waals surface area (Å²) in [6.07, 6.45) is 5.59. The molecule has 11 heteroatoms. The van der Waals surface area contributed by atoms with Crippen LogP contribution in [0.3, 0.4) is 0 Å². The van der Waals surface area contributed by atoms with Crippen LogP contribution < -0.4 is 10.6 Å². The molecule has 2 aliphatic rings. The van der Waals surface area contributed by atoms with Crippen LogP contribution in [-0.2, 0) is 18.5 Å². The second-order valence-corrected chi connectivity index (χ2v) is 13.8. The van der Waals surface area contributed by atoms with Crippen molar-refractivity contribution in [3.63, 3.8) is 0 Å². The molecule has 196 valence electrons. The van der Waals surface area contributed by atoms with Gasteiger partial charge in [0.25, 0.3) is 0 Å². The zero-order valence-corrected chi connectivity index (χ0v) is 22.8. The summed E-state index contributed by atoms with van der Waals surface area (Å²) < 4.78 is 29.1. The quantitative estimate of drug-likeness (QED) is 0.468. The Morgan fingerprint density at radius 3 is 1.48 bits per heavy atom. The molecule has 2 saturated carbocycles. The van der Waals surface area contributed by atoms with E-state index in [-0.39, 0.29) is 18.2 Å². The number of rotatable bonds is 2. The fraction of sp³-hybridized carbons (Fsp3) is 0.909. The van der Waals surface area contributed by atoms with Crippen molar-refractivity contribution in [1.29, 1.82) is 0 Å². The van der Waals surface area contributed by atoms with Crippen LogP contribution in [0.5, 0.6) is 0 Å². The van der Waals surface area contributed by atoms with E-state index in [9.17, 15) is 23.1 Å². The number of alkyl carbamates (subject to hydrolysis) is 2. The minimum atomic E-state index is -3.19. The number of carbonyl (C=O) groups is 2. The summed E-state index contributed by atoms with van der Waals surface area (Å²) in [4.78, 5) is 22.7. The van der Waals surface area contributed by atoms with E-state index in [0.29, 0.717) is 12.5 Å². The molecule has 4 atom stereocenters. The predicted molar refractivity (Wildman–Crippen MR) is 130 cm³/mol. The number of carbonyl (C=O) groups excluding carboxylic acids is 2. The van der Waals surface area contributed by atoms with Crippen molar-refractivity contribution in [2.45, 2.75) is 116 Å². The molecule has 0 spiro atoms. The molecule has 2 fully saturated rings. The third kappa shape index (κ3) is 21.0. The van der Waals surface area contributed by atoms with E-state index in [4.69, 9.17) is 9.47 Å². The summed E-state index contributed by atoms with van der Waals surface area (Å²) >= 11 is 0. The van der Waals surface area contributed by atoms with Gasteiger partial charge in [-0.05, 0) is 86.0 Å². The number of aliphatic hydroxyl groups is 1. The van der Waals surface area contributed by atoms with E-state index in [2.05, 4.69) is 28.2 Å². The Balaban J connectivity index is 0.000000517. The highest BCUT2D eigenvalue weighted by molar-refractivity contribution is 8.13. The Morgan fingerprint density at radius 1 is 0.848 bits per heavy atom.